The molecule has 0 aromatic carbocycles. The Morgan fingerprint density at radius 1 is 1.32 bits per heavy atom. The Hall–Kier alpha value is -2.11. The molecule has 0 radical (unpaired) electrons. The molecule has 1 aromatic heterocycles. The van der Waals surface area contributed by atoms with Crippen LogP contribution in [0, 0.1) is 25.7 Å². The van der Waals surface area contributed by atoms with Gasteiger partial charge in [0.1, 0.15) is 0 Å². The lowest BCUT2D eigenvalue weighted by Gasteiger charge is -2.34. The van der Waals surface area contributed by atoms with Crippen molar-refractivity contribution < 1.29 is 14.3 Å². The van der Waals surface area contributed by atoms with Crippen molar-refractivity contribution in [2.45, 2.75) is 53.0 Å². The fourth-order valence-electron chi connectivity index (χ4n) is 3.40. The average molecular weight is 347 g/mol. The van der Waals surface area contributed by atoms with Crippen LogP contribution in [0.15, 0.2) is 6.08 Å². The van der Waals surface area contributed by atoms with E-state index in [-0.39, 0.29) is 18.6 Å². The zero-order valence-corrected chi connectivity index (χ0v) is 15.8. The number of nitrogens with zero attached hydrogens (tertiary/aromatic N) is 2. The Bertz CT molecular complexity index is 663. The van der Waals surface area contributed by atoms with Crippen molar-refractivity contribution >= 4 is 18.0 Å². The molecule has 25 heavy (non-hydrogen) atoms. The second-order valence-corrected chi connectivity index (χ2v) is 7.09. The number of rotatable bonds is 5. The van der Waals surface area contributed by atoms with Crippen LogP contribution in [-0.4, -0.2) is 34.3 Å². The monoisotopic (exact) mass is 347 g/mol. The van der Waals surface area contributed by atoms with Gasteiger partial charge in [0, 0.05) is 30.4 Å². The van der Waals surface area contributed by atoms with Crippen LogP contribution in [0.5, 0.6) is 0 Å². The molecule has 0 bridgehead atoms. The standard InChI is InChI=1S/C19H29N3O3/c1-12-7-6-8-17(13(12)2)20-18(23)11-25-19(24)10-9-16-14(3)21-22(5)15(16)4/h9-10,12-13,17H,6-8,11H2,1-5H3,(H,20,23)/b10-9+/t12-,13-,17+/m0/s1. The summed E-state index contributed by atoms with van der Waals surface area (Å²) in [5, 5.41) is 7.29. The maximum absolute atomic E-state index is 12.0. The molecule has 1 aliphatic carbocycles. The molecule has 1 fully saturated rings. The average Bonchev–Trinajstić information content (AvgIpc) is 2.80. The first-order valence-corrected chi connectivity index (χ1v) is 8.94. The Labute approximate surface area is 149 Å². The summed E-state index contributed by atoms with van der Waals surface area (Å²) in [4.78, 5) is 23.9. The van der Waals surface area contributed by atoms with E-state index in [0.29, 0.717) is 11.8 Å². The molecule has 3 atom stereocenters. The molecule has 0 aliphatic heterocycles. The number of nitrogens with one attached hydrogen (secondary N) is 1. The fourth-order valence-corrected chi connectivity index (χ4v) is 3.40. The van der Waals surface area contributed by atoms with Gasteiger partial charge in [-0.2, -0.15) is 5.10 Å². The largest absolute Gasteiger partial charge is 0.452 e. The topological polar surface area (TPSA) is 73.2 Å². The van der Waals surface area contributed by atoms with Gasteiger partial charge in [0.25, 0.3) is 5.91 Å². The van der Waals surface area contributed by atoms with Gasteiger partial charge in [-0.15, -0.1) is 0 Å². The van der Waals surface area contributed by atoms with E-state index >= 15 is 0 Å². The minimum absolute atomic E-state index is 0.172. The summed E-state index contributed by atoms with van der Waals surface area (Å²) in [7, 11) is 1.86. The molecule has 2 rings (SSSR count). The molecular weight excluding hydrogens is 318 g/mol. The van der Waals surface area contributed by atoms with E-state index in [0.717, 1.165) is 29.8 Å². The fraction of sp³-hybridized carbons (Fsp3) is 0.632. The zero-order chi connectivity index (χ0) is 18.6. The Morgan fingerprint density at radius 3 is 2.68 bits per heavy atom. The van der Waals surface area contributed by atoms with Crippen LogP contribution in [0.2, 0.25) is 0 Å². The summed E-state index contributed by atoms with van der Waals surface area (Å²) < 4.78 is 6.81. The third-order valence-electron chi connectivity index (χ3n) is 5.35. The second kappa shape index (κ2) is 8.32. The smallest absolute Gasteiger partial charge is 0.331 e. The summed E-state index contributed by atoms with van der Waals surface area (Å²) in [6.45, 7) is 7.96. The quantitative estimate of drug-likeness (QED) is 0.656. The second-order valence-electron chi connectivity index (χ2n) is 7.09. The lowest BCUT2D eigenvalue weighted by atomic mass is 9.78. The van der Waals surface area contributed by atoms with Crippen LogP contribution in [0.4, 0.5) is 0 Å². The van der Waals surface area contributed by atoms with Gasteiger partial charge in [0.2, 0.25) is 0 Å². The van der Waals surface area contributed by atoms with E-state index in [2.05, 4.69) is 24.3 Å². The molecule has 0 spiro atoms. The lowest BCUT2D eigenvalue weighted by Crippen LogP contribution is -2.45. The Morgan fingerprint density at radius 2 is 2.04 bits per heavy atom. The van der Waals surface area contributed by atoms with Crippen LogP contribution in [-0.2, 0) is 21.4 Å². The van der Waals surface area contributed by atoms with E-state index in [1.54, 1.807) is 10.8 Å². The molecule has 0 saturated heterocycles. The van der Waals surface area contributed by atoms with Gasteiger partial charge < -0.3 is 10.1 Å². The van der Waals surface area contributed by atoms with E-state index in [1.807, 2.05) is 20.9 Å². The van der Waals surface area contributed by atoms with Crippen molar-refractivity contribution in [3.8, 4) is 0 Å². The first-order chi connectivity index (χ1) is 11.8. The maximum atomic E-state index is 12.0. The lowest BCUT2D eigenvalue weighted by molar-refractivity contribution is -0.144. The van der Waals surface area contributed by atoms with Crippen molar-refractivity contribution in [3.63, 3.8) is 0 Å². The number of ether oxygens (including phenoxy) is 1. The van der Waals surface area contributed by atoms with Gasteiger partial charge in [-0.25, -0.2) is 4.79 Å². The van der Waals surface area contributed by atoms with E-state index in [4.69, 9.17) is 4.74 Å². The molecule has 1 N–H and O–H groups in total. The Balaban J connectivity index is 1.81. The summed E-state index contributed by atoms with van der Waals surface area (Å²) in [6.07, 6.45) is 6.35. The summed E-state index contributed by atoms with van der Waals surface area (Å²) >= 11 is 0. The van der Waals surface area contributed by atoms with Crippen LogP contribution < -0.4 is 5.32 Å². The normalized spacial score (nSPS) is 23.6. The van der Waals surface area contributed by atoms with Crippen molar-refractivity contribution in [1.82, 2.24) is 15.1 Å². The van der Waals surface area contributed by atoms with Gasteiger partial charge in [-0.1, -0.05) is 26.7 Å². The molecule has 1 aliphatic rings. The summed E-state index contributed by atoms with van der Waals surface area (Å²) in [5.41, 5.74) is 2.72. The molecule has 1 aromatic rings. The summed E-state index contributed by atoms with van der Waals surface area (Å²) in [6, 6.07) is 0.172. The first kappa shape index (κ1) is 19.2. The van der Waals surface area contributed by atoms with E-state index in [1.165, 1.54) is 12.5 Å². The number of aryl methyl sites for hydroxylation is 2. The summed E-state index contributed by atoms with van der Waals surface area (Å²) in [5.74, 6) is 0.296. The molecule has 1 amide bonds. The number of aromatic nitrogens is 2. The third-order valence-corrected chi connectivity index (χ3v) is 5.35. The highest BCUT2D eigenvalue weighted by Crippen LogP contribution is 2.29. The van der Waals surface area contributed by atoms with E-state index < -0.39 is 5.97 Å². The number of hydrogen-bond donors (Lipinski definition) is 1. The predicted molar refractivity (Wildman–Crippen MR) is 96.8 cm³/mol. The van der Waals surface area contributed by atoms with E-state index in [9.17, 15) is 9.59 Å². The first-order valence-electron chi connectivity index (χ1n) is 8.94. The Kier molecular flexibility index (Phi) is 6.39. The predicted octanol–water partition coefficient (Wildman–Crippen LogP) is 2.53. The highest BCUT2D eigenvalue weighted by molar-refractivity contribution is 5.89. The number of carbonyl (C=O) groups excluding carboxylic acids is 2. The molecule has 6 nitrogen and oxygen atoms in total. The van der Waals surface area contributed by atoms with Gasteiger partial charge in [-0.3, -0.25) is 9.48 Å². The van der Waals surface area contributed by atoms with Gasteiger partial charge >= 0.3 is 5.97 Å². The molecule has 6 heteroatoms. The van der Waals surface area contributed by atoms with Crippen molar-refractivity contribution in [2.24, 2.45) is 18.9 Å². The molecule has 1 saturated carbocycles. The van der Waals surface area contributed by atoms with Gasteiger partial charge in [0.05, 0.1) is 5.69 Å². The van der Waals surface area contributed by atoms with Crippen molar-refractivity contribution in [1.29, 1.82) is 0 Å². The molecule has 1 heterocycles. The molecule has 0 unspecified atom stereocenters. The van der Waals surface area contributed by atoms with Crippen molar-refractivity contribution in [2.75, 3.05) is 6.61 Å². The van der Waals surface area contributed by atoms with Crippen LogP contribution in [0.3, 0.4) is 0 Å². The third kappa shape index (κ3) is 4.94. The number of hydrogen-bond acceptors (Lipinski definition) is 4. The van der Waals surface area contributed by atoms with Gasteiger partial charge in [0.15, 0.2) is 6.61 Å². The van der Waals surface area contributed by atoms with Gasteiger partial charge in [-0.05, 0) is 38.2 Å². The number of esters is 1. The van der Waals surface area contributed by atoms with Crippen LogP contribution >= 0.6 is 0 Å². The van der Waals surface area contributed by atoms with Crippen LogP contribution in [0.25, 0.3) is 6.08 Å². The van der Waals surface area contributed by atoms with Crippen LogP contribution in [0.1, 0.15) is 50.1 Å². The zero-order valence-electron chi connectivity index (χ0n) is 15.8. The molecular formula is C19H29N3O3. The minimum atomic E-state index is -0.525. The SMILES string of the molecule is Cc1nn(C)c(C)c1/C=C/C(=O)OCC(=O)N[C@@H]1CCC[C@H](C)[C@@H]1C. The number of amides is 1. The minimum Gasteiger partial charge on any atom is -0.452 e. The number of carbonyl (C=O) groups is 2. The highest BCUT2D eigenvalue weighted by Gasteiger charge is 2.28. The molecule has 138 valence electrons. The van der Waals surface area contributed by atoms with Crippen molar-refractivity contribution in [3.05, 3.63) is 23.0 Å². The maximum Gasteiger partial charge on any atom is 0.331 e. The highest BCUT2D eigenvalue weighted by atomic mass is 16.5.